The number of para-hydroxylation sites is 2. The molecule has 0 spiro atoms. The molecule has 1 aliphatic heterocycles. The van der Waals surface area contributed by atoms with Crippen molar-refractivity contribution in [3.63, 3.8) is 0 Å². The van der Waals surface area contributed by atoms with Gasteiger partial charge < -0.3 is 10.2 Å². The van der Waals surface area contributed by atoms with Gasteiger partial charge in [-0.2, -0.15) is 0 Å². The Balaban J connectivity index is 1.21. The summed E-state index contributed by atoms with van der Waals surface area (Å²) < 4.78 is 1.22. The number of aromatic nitrogens is 1. The van der Waals surface area contributed by atoms with E-state index in [1.54, 1.807) is 11.3 Å². The zero-order valence-corrected chi connectivity index (χ0v) is 17.9. The van der Waals surface area contributed by atoms with Crippen LogP contribution in [0, 0.1) is 5.92 Å². The number of amides is 2. The predicted molar refractivity (Wildman–Crippen MR) is 122 cm³/mol. The number of anilines is 1. The van der Waals surface area contributed by atoms with Gasteiger partial charge in [-0.15, -0.1) is 11.3 Å². The van der Waals surface area contributed by atoms with Gasteiger partial charge in [-0.1, -0.05) is 30.3 Å². The van der Waals surface area contributed by atoms with E-state index in [0.29, 0.717) is 13.0 Å². The second-order valence-corrected chi connectivity index (χ2v) is 8.93. The van der Waals surface area contributed by atoms with Crippen molar-refractivity contribution in [2.75, 3.05) is 18.4 Å². The van der Waals surface area contributed by atoms with Crippen molar-refractivity contribution < 1.29 is 9.59 Å². The summed E-state index contributed by atoms with van der Waals surface area (Å²) in [5.41, 5.74) is 1.86. The molecule has 156 valence electrons. The molecular weight excluding hydrogens is 394 g/mol. The first-order chi connectivity index (χ1) is 14.7. The number of nitrogens with zero attached hydrogens (tertiary/aromatic N) is 2. The highest BCUT2D eigenvalue weighted by Gasteiger charge is 2.28. The first-order valence-corrected chi connectivity index (χ1v) is 11.5. The molecule has 2 heterocycles. The molecule has 0 radical (unpaired) electrons. The van der Waals surface area contributed by atoms with Crippen molar-refractivity contribution in [2.45, 2.75) is 38.5 Å². The van der Waals surface area contributed by atoms with Crippen LogP contribution in [0.25, 0.3) is 10.2 Å². The molecule has 1 N–H and O–H groups in total. The predicted octanol–water partition coefficient (Wildman–Crippen LogP) is 4.89. The normalized spacial score (nSPS) is 16.5. The van der Waals surface area contributed by atoms with Gasteiger partial charge in [0.25, 0.3) is 0 Å². The summed E-state index contributed by atoms with van der Waals surface area (Å²) in [6.07, 6.45) is 4.97. The molecule has 30 heavy (non-hydrogen) atoms. The lowest BCUT2D eigenvalue weighted by Gasteiger charge is -2.32. The third kappa shape index (κ3) is 5.25. The van der Waals surface area contributed by atoms with E-state index in [-0.39, 0.29) is 17.7 Å². The van der Waals surface area contributed by atoms with E-state index in [1.165, 1.54) is 4.70 Å². The highest BCUT2D eigenvalue weighted by Crippen LogP contribution is 2.23. The fourth-order valence-electron chi connectivity index (χ4n) is 3.92. The monoisotopic (exact) mass is 421 g/mol. The van der Waals surface area contributed by atoms with E-state index in [0.717, 1.165) is 54.9 Å². The number of aryl methyl sites for hydroxylation is 1. The minimum atomic E-state index is -0.134. The first-order valence-electron chi connectivity index (χ1n) is 10.7. The molecule has 3 aromatic rings. The van der Waals surface area contributed by atoms with Gasteiger partial charge in [-0.3, -0.25) is 9.59 Å². The lowest BCUT2D eigenvalue weighted by Crippen LogP contribution is -2.43. The molecule has 1 saturated heterocycles. The van der Waals surface area contributed by atoms with Crippen LogP contribution in [0.5, 0.6) is 0 Å². The zero-order valence-electron chi connectivity index (χ0n) is 17.0. The van der Waals surface area contributed by atoms with E-state index in [1.807, 2.05) is 53.4 Å². The topological polar surface area (TPSA) is 62.3 Å². The van der Waals surface area contributed by atoms with Gasteiger partial charge in [-0.05, 0) is 56.4 Å². The van der Waals surface area contributed by atoms with Crippen molar-refractivity contribution in [3.05, 3.63) is 59.6 Å². The summed E-state index contributed by atoms with van der Waals surface area (Å²) in [6.45, 7) is 1.28. The summed E-state index contributed by atoms with van der Waals surface area (Å²) in [6, 6.07) is 17.7. The molecule has 5 nitrogen and oxygen atoms in total. The largest absolute Gasteiger partial charge is 0.342 e. The molecule has 1 aromatic heterocycles. The van der Waals surface area contributed by atoms with E-state index < -0.39 is 0 Å². The minimum Gasteiger partial charge on any atom is -0.342 e. The minimum absolute atomic E-state index is 0.00883. The number of benzene rings is 2. The average molecular weight is 422 g/mol. The van der Waals surface area contributed by atoms with E-state index in [9.17, 15) is 9.59 Å². The van der Waals surface area contributed by atoms with Crippen molar-refractivity contribution in [1.29, 1.82) is 0 Å². The van der Waals surface area contributed by atoms with Gasteiger partial charge >= 0.3 is 0 Å². The molecule has 6 heteroatoms. The van der Waals surface area contributed by atoms with Crippen LogP contribution in [0.2, 0.25) is 0 Å². The Bertz CT molecular complexity index is 969. The Morgan fingerprint density at radius 2 is 1.87 bits per heavy atom. The highest BCUT2D eigenvalue weighted by atomic mass is 32.1. The first kappa shape index (κ1) is 20.5. The fourth-order valence-corrected chi connectivity index (χ4v) is 4.93. The third-order valence-electron chi connectivity index (χ3n) is 5.56. The van der Waals surface area contributed by atoms with E-state index in [2.05, 4.69) is 16.4 Å². The van der Waals surface area contributed by atoms with Gasteiger partial charge in [0.1, 0.15) is 0 Å². The Hall–Kier alpha value is -2.73. The van der Waals surface area contributed by atoms with Crippen LogP contribution in [-0.2, 0) is 16.0 Å². The van der Waals surface area contributed by atoms with Crippen LogP contribution in [-0.4, -0.2) is 34.8 Å². The van der Waals surface area contributed by atoms with Crippen molar-refractivity contribution >= 4 is 39.1 Å². The van der Waals surface area contributed by atoms with Crippen molar-refractivity contribution in [1.82, 2.24) is 9.88 Å². The van der Waals surface area contributed by atoms with Crippen molar-refractivity contribution in [2.24, 2.45) is 5.92 Å². The van der Waals surface area contributed by atoms with E-state index in [4.69, 9.17) is 0 Å². The molecule has 2 aromatic carbocycles. The number of carbonyl (C=O) groups is 2. The summed E-state index contributed by atoms with van der Waals surface area (Å²) in [4.78, 5) is 31.8. The van der Waals surface area contributed by atoms with Crippen LogP contribution in [0.15, 0.2) is 54.6 Å². The Labute approximate surface area is 181 Å². The average Bonchev–Trinajstić information content (AvgIpc) is 3.20. The summed E-state index contributed by atoms with van der Waals surface area (Å²) in [5, 5.41) is 4.11. The number of fused-ring (bicyclic) bond motifs is 1. The van der Waals surface area contributed by atoms with Gasteiger partial charge in [-0.25, -0.2) is 4.98 Å². The maximum atomic E-state index is 12.7. The molecule has 2 amide bonds. The van der Waals surface area contributed by atoms with Crippen LogP contribution in [0.1, 0.15) is 37.1 Å². The van der Waals surface area contributed by atoms with Crippen LogP contribution >= 0.6 is 11.3 Å². The third-order valence-corrected chi connectivity index (χ3v) is 6.65. The second kappa shape index (κ2) is 9.85. The standard InChI is InChI=1S/C24H27N3O2S/c28-23(15-7-6-14-22-26-20-12-4-5-13-21(20)30-22)27-16-8-9-18(17-27)24(29)25-19-10-2-1-3-11-19/h1-5,10-13,18H,6-9,14-17H2,(H,25,29). The number of hydrogen-bond donors (Lipinski definition) is 1. The number of carbonyl (C=O) groups excluding carboxylic acids is 2. The van der Waals surface area contributed by atoms with Crippen LogP contribution < -0.4 is 5.32 Å². The lowest BCUT2D eigenvalue weighted by atomic mass is 9.96. The molecule has 0 aliphatic carbocycles. The molecule has 1 fully saturated rings. The maximum Gasteiger partial charge on any atom is 0.229 e. The molecule has 0 bridgehead atoms. The number of thiazole rings is 1. The van der Waals surface area contributed by atoms with Gasteiger partial charge in [0.2, 0.25) is 11.8 Å². The zero-order chi connectivity index (χ0) is 20.8. The van der Waals surface area contributed by atoms with Gasteiger partial charge in [0.15, 0.2) is 0 Å². The molecule has 1 unspecified atom stereocenters. The number of likely N-dealkylation sites (tertiary alicyclic amines) is 1. The van der Waals surface area contributed by atoms with E-state index >= 15 is 0 Å². The molecular formula is C24H27N3O2S. The fraction of sp³-hybridized carbons (Fsp3) is 0.375. The molecule has 4 rings (SSSR count). The number of hydrogen-bond acceptors (Lipinski definition) is 4. The molecule has 1 atom stereocenters. The van der Waals surface area contributed by atoms with Crippen LogP contribution in [0.4, 0.5) is 5.69 Å². The Morgan fingerprint density at radius 1 is 1.07 bits per heavy atom. The van der Waals surface area contributed by atoms with Gasteiger partial charge in [0.05, 0.1) is 21.1 Å². The van der Waals surface area contributed by atoms with Crippen LogP contribution in [0.3, 0.4) is 0 Å². The SMILES string of the molecule is O=C(Nc1ccccc1)C1CCCN(C(=O)CCCCc2nc3ccccc3s2)C1. The smallest absolute Gasteiger partial charge is 0.229 e. The maximum absolute atomic E-state index is 12.7. The number of unbranched alkanes of at least 4 members (excludes halogenated alkanes) is 1. The second-order valence-electron chi connectivity index (χ2n) is 7.82. The number of rotatable bonds is 7. The molecule has 1 aliphatic rings. The number of piperidine rings is 1. The highest BCUT2D eigenvalue weighted by molar-refractivity contribution is 7.18. The Morgan fingerprint density at radius 3 is 2.70 bits per heavy atom. The summed E-state index contributed by atoms with van der Waals surface area (Å²) >= 11 is 1.74. The molecule has 0 saturated carbocycles. The Kier molecular flexibility index (Phi) is 6.74. The van der Waals surface area contributed by atoms with Gasteiger partial charge in [0, 0.05) is 25.2 Å². The lowest BCUT2D eigenvalue weighted by molar-refractivity contribution is -0.134. The summed E-state index contributed by atoms with van der Waals surface area (Å²) in [7, 11) is 0. The quantitative estimate of drug-likeness (QED) is 0.553. The number of nitrogens with one attached hydrogen (secondary N) is 1. The summed E-state index contributed by atoms with van der Waals surface area (Å²) in [5.74, 6) is 0.0386. The van der Waals surface area contributed by atoms with Crippen molar-refractivity contribution in [3.8, 4) is 0 Å².